The lowest BCUT2D eigenvalue weighted by Crippen LogP contribution is -2.45. The zero-order chi connectivity index (χ0) is 17.8. The summed E-state index contributed by atoms with van der Waals surface area (Å²) in [5.74, 6) is 0.873. The summed E-state index contributed by atoms with van der Waals surface area (Å²) in [4.78, 5) is 11.6. The molecule has 1 unspecified atom stereocenters. The third-order valence-electron chi connectivity index (χ3n) is 5.80. The highest BCUT2D eigenvalue weighted by atomic mass is 15.3. The van der Waals surface area contributed by atoms with Crippen LogP contribution < -0.4 is 10.6 Å². The third kappa shape index (κ3) is 3.83. The van der Waals surface area contributed by atoms with Crippen LogP contribution in [0.3, 0.4) is 0 Å². The van der Waals surface area contributed by atoms with Crippen molar-refractivity contribution in [2.75, 3.05) is 20.1 Å². The highest BCUT2D eigenvalue weighted by Gasteiger charge is 2.30. The maximum atomic E-state index is 4.56. The second-order valence-electron chi connectivity index (χ2n) is 7.47. The van der Waals surface area contributed by atoms with Gasteiger partial charge >= 0.3 is 0 Å². The number of guanidine groups is 1. The number of aromatic nitrogens is 1. The molecule has 0 bridgehead atoms. The average molecular weight is 351 g/mol. The monoisotopic (exact) mass is 351 g/mol. The molecule has 0 radical (unpaired) electrons. The van der Waals surface area contributed by atoms with E-state index < -0.39 is 0 Å². The van der Waals surface area contributed by atoms with Gasteiger partial charge in [-0.05, 0) is 30.7 Å². The Morgan fingerprint density at radius 2 is 2.04 bits per heavy atom. The van der Waals surface area contributed by atoms with Crippen molar-refractivity contribution >= 4 is 16.7 Å². The Morgan fingerprint density at radius 1 is 1.19 bits per heavy atom. The number of hydrogen-bond donors (Lipinski definition) is 2. The molecule has 0 spiro atoms. The lowest BCUT2D eigenvalue weighted by molar-refractivity contribution is 0.242. The van der Waals surface area contributed by atoms with Crippen molar-refractivity contribution < 1.29 is 0 Å². The van der Waals surface area contributed by atoms with Gasteiger partial charge < -0.3 is 10.6 Å². The topological polar surface area (TPSA) is 52.6 Å². The van der Waals surface area contributed by atoms with E-state index in [1.165, 1.54) is 49.4 Å². The second-order valence-corrected chi connectivity index (χ2v) is 7.47. The second kappa shape index (κ2) is 8.04. The molecule has 4 rings (SSSR count). The minimum absolute atomic E-state index is 0.488. The fraction of sp³-hybridized carbons (Fsp3) is 0.524. The molecule has 2 aliphatic rings. The zero-order valence-corrected chi connectivity index (χ0v) is 15.6. The van der Waals surface area contributed by atoms with Crippen molar-refractivity contribution in [1.29, 1.82) is 0 Å². The molecule has 5 nitrogen and oxygen atoms in total. The number of rotatable bonds is 4. The lowest BCUT2D eigenvalue weighted by atomic mass is 10.1. The van der Waals surface area contributed by atoms with Gasteiger partial charge in [-0.1, -0.05) is 37.1 Å². The van der Waals surface area contributed by atoms with Crippen molar-refractivity contribution in [3.05, 3.63) is 42.2 Å². The molecule has 1 aromatic carbocycles. The maximum Gasteiger partial charge on any atom is 0.191 e. The van der Waals surface area contributed by atoms with Crippen LogP contribution >= 0.6 is 0 Å². The predicted molar refractivity (Wildman–Crippen MR) is 107 cm³/mol. The van der Waals surface area contributed by atoms with E-state index >= 15 is 0 Å². The summed E-state index contributed by atoms with van der Waals surface area (Å²) >= 11 is 0. The number of nitrogens with one attached hydrogen (secondary N) is 2. The summed E-state index contributed by atoms with van der Waals surface area (Å²) in [6.45, 7) is 3.03. The van der Waals surface area contributed by atoms with Crippen molar-refractivity contribution in [1.82, 2.24) is 20.5 Å². The molecule has 26 heavy (non-hydrogen) atoms. The Bertz CT molecular complexity index is 761. The first-order chi connectivity index (χ1) is 12.8. The first-order valence-corrected chi connectivity index (χ1v) is 9.87. The minimum atomic E-state index is 0.488. The predicted octanol–water partition coefficient (Wildman–Crippen LogP) is 2.92. The summed E-state index contributed by atoms with van der Waals surface area (Å²) < 4.78 is 0. The van der Waals surface area contributed by atoms with E-state index in [1.54, 1.807) is 0 Å². The van der Waals surface area contributed by atoms with Gasteiger partial charge in [-0.2, -0.15) is 0 Å². The normalized spacial score (nSPS) is 22.2. The first kappa shape index (κ1) is 17.3. The minimum Gasteiger partial charge on any atom is -0.352 e. The van der Waals surface area contributed by atoms with E-state index in [0.717, 1.165) is 24.2 Å². The SMILES string of the molecule is CN=C(NCc1nccc2ccccc12)NC1CCN(C2CCCC2)C1. The van der Waals surface area contributed by atoms with Gasteiger partial charge in [0.15, 0.2) is 5.96 Å². The smallest absolute Gasteiger partial charge is 0.191 e. The Morgan fingerprint density at radius 3 is 2.88 bits per heavy atom. The van der Waals surface area contributed by atoms with Crippen molar-refractivity contribution in [2.45, 2.75) is 50.7 Å². The molecule has 1 saturated carbocycles. The third-order valence-corrected chi connectivity index (χ3v) is 5.80. The van der Waals surface area contributed by atoms with Crippen molar-refractivity contribution in [2.24, 2.45) is 4.99 Å². The standard InChI is InChI=1S/C21H29N5/c1-22-21(25-17-11-13-26(15-17)18-7-3-4-8-18)24-14-20-19-9-5-2-6-16(19)10-12-23-20/h2,5-6,9-10,12,17-18H,3-4,7-8,11,13-15H2,1H3,(H2,22,24,25). The van der Waals surface area contributed by atoms with Crippen LogP contribution in [0.25, 0.3) is 10.8 Å². The first-order valence-electron chi connectivity index (χ1n) is 9.87. The van der Waals surface area contributed by atoms with Crippen LogP contribution in [0, 0.1) is 0 Å². The summed E-state index contributed by atoms with van der Waals surface area (Å²) in [5, 5.41) is 9.48. The number of benzene rings is 1. The molecule has 5 heteroatoms. The Kier molecular flexibility index (Phi) is 5.34. The van der Waals surface area contributed by atoms with Gasteiger partial charge in [-0.25, -0.2) is 0 Å². The zero-order valence-electron chi connectivity index (χ0n) is 15.6. The fourth-order valence-electron chi connectivity index (χ4n) is 4.38. The summed E-state index contributed by atoms with van der Waals surface area (Å²) in [7, 11) is 1.84. The molecular weight excluding hydrogens is 322 g/mol. The van der Waals surface area contributed by atoms with Gasteiger partial charge in [-0.3, -0.25) is 14.9 Å². The molecule has 1 aliphatic heterocycles. The molecule has 2 N–H and O–H groups in total. The van der Waals surface area contributed by atoms with E-state index in [1.807, 2.05) is 13.2 Å². The van der Waals surface area contributed by atoms with Gasteiger partial charge in [0.25, 0.3) is 0 Å². The summed E-state index contributed by atoms with van der Waals surface area (Å²) in [5.41, 5.74) is 1.06. The van der Waals surface area contributed by atoms with Crippen molar-refractivity contribution in [3.63, 3.8) is 0 Å². The lowest BCUT2D eigenvalue weighted by Gasteiger charge is -2.24. The quantitative estimate of drug-likeness (QED) is 0.657. The summed E-state index contributed by atoms with van der Waals surface area (Å²) in [6, 6.07) is 11.8. The molecule has 1 aromatic heterocycles. The largest absolute Gasteiger partial charge is 0.352 e. The van der Waals surface area contributed by atoms with Crippen molar-refractivity contribution in [3.8, 4) is 0 Å². The number of likely N-dealkylation sites (tertiary alicyclic amines) is 1. The Hall–Kier alpha value is -2.14. The number of pyridine rings is 1. The van der Waals surface area contributed by atoms with Gasteiger partial charge in [-0.15, -0.1) is 0 Å². The summed E-state index contributed by atoms with van der Waals surface area (Å²) in [6.07, 6.45) is 8.65. The molecule has 2 aromatic rings. The molecule has 2 fully saturated rings. The van der Waals surface area contributed by atoms with Crippen LogP contribution in [0.1, 0.15) is 37.8 Å². The number of nitrogens with zero attached hydrogens (tertiary/aromatic N) is 3. The van der Waals surface area contributed by atoms with Gasteiger partial charge in [0.05, 0.1) is 12.2 Å². The van der Waals surface area contributed by atoms with Crippen LogP contribution in [0.2, 0.25) is 0 Å². The van der Waals surface area contributed by atoms with Crippen LogP contribution in [-0.4, -0.2) is 48.1 Å². The van der Waals surface area contributed by atoms with Gasteiger partial charge in [0, 0.05) is 43.8 Å². The highest BCUT2D eigenvalue weighted by molar-refractivity contribution is 5.85. The van der Waals surface area contributed by atoms with E-state index in [-0.39, 0.29) is 0 Å². The van der Waals surface area contributed by atoms with Crippen LogP contribution in [0.4, 0.5) is 0 Å². The molecule has 138 valence electrons. The molecule has 1 aliphatic carbocycles. The molecule has 2 heterocycles. The van der Waals surface area contributed by atoms with E-state index in [0.29, 0.717) is 12.6 Å². The van der Waals surface area contributed by atoms with E-state index in [9.17, 15) is 0 Å². The van der Waals surface area contributed by atoms with E-state index in [2.05, 4.69) is 55.8 Å². The molecule has 1 saturated heterocycles. The fourth-order valence-corrected chi connectivity index (χ4v) is 4.38. The van der Waals surface area contributed by atoms with E-state index in [4.69, 9.17) is 0 Å². The van der Waals surface area contributed by atoms with Gasteiger partial charge in [0.1, 0.15) is 0 Å². The average Bonchev–Trinajstić information content (AvgIpc) is 3.36. The van der Waals surface area contributed by atoms with Crippen LogP contribution in [0.15, 0.2) is 41.5 Å². The molecule has 1 atom stereocenters. The number of aliphatic imine (C=N–C) groups is 1. The van der Waals surface area contributed by atoms with Crippen LogP contribution in [-0.2, 0) is 6.54 Å². The maximum absolute atomic E-state index is 4.56. The van der Waals surface area contributed by atoms with Gasteiger partial charge in [0.2, 0.25) is 0 Å². The molecular formula is C21H29N5. The number of hydrogen-bond acceptors (Lipinski definition) is 3. The number of fused-ring (bicyclic) bond motifs is 1. The Labute approximate surface area is 155 Å². The molecule has 0 amide bonds. The Balaban J connectivity index is 1.33. The highest BCUT2D eigenvalue weighted by Crippen LogP contribution is 2.26. The van der Waals surface area contributed by atoms with Crippen LogP contribution in [0.5, 0.6) is 0 Å².